The molecule has 0 heterocycles. The van der Waals surface area contributed by atoms with E-state index in [1.807, 2.05) is 0 Å². The van der Waals surface area contributed by atoms with Crippen molar-refractivity contribution in [3.05, 3.63) is 24.0 Å². The third kappa shape index (κ3) is 2.62. The molecule has 0 saturated heterocycles. The molecule has 0 unspecified atom stereocenters. The van der Waals surface area contributed by atoms with E-state index in [0.29, 0.717) is 0 Å². The maximum Gasteiger partial charge on any atom is 0.411 e. The Balaban J connectivity index is 2.72. The fourth-order valence-electron chi connectivity index (χ4n) is 0.883. The third-order valence-electron chi connectivity index (χ3n) is 1.46. The Morgan fingerprint density at radius 2 is 2.36 bits per heavy atom. The molecule has 5 heteroatoms. The highest BCUT2D eigenvalue weighted by Crippen LogP contribution is 2.19. The van der Waals surface area contributed by atoms with Crippen molar-refractivity contribution in [3.63, 3.8) is 0 Å². The Kier molecular flexibility index (Phi) is 3.28. The second-order valence-electron chi connectivity index (χ2n) is 2.51. The molecule has 0 aliphatic heterocycles. The number of halogens is 1. The number of phenolic OH excluding ortho intramolecular Hbond substituents is 1. The number of amides is 1. The van der Waals surface area contributed by atoms with Crippen LogP contribution in [0.15, 0.2) is 18.2 Å². The SMILES string of the molecule is CCOC(=O)Nc1ccc(O)cc1F. The lowest BCUT2D eigenvalue weighted by Crippen LogP contribution is -2.14. The molecule has 0 aliphatic carbocycles. The number of rotatable bonds is 2. The maximum absolute atomic E-state index is 13.0. The maximum atomic E-state index is 13.0. The summed E-state index contributed by atoms with van der Waals surface area (Å²) in [7, 11) is 0. The normalized spacial score (nSPS) is 9.57. The molecule has 0 spiro atoms. The van der Waals surface area contributed by atoms with E-state index in [4.69, 9.17) is 5.11 Å². The van der Waals surface area contributed by atoms with Crippen molar-refractivity contribution in [1.29, 1.82) is 0 Å². The Morgan fingerprint density at radius 3 is 2.93 bits per heavy atom. The highest BCUT2D eigenvalue weighted by atomic mass is 19.1. The fourth-order valence-corrected chi connectivity index (χ4v) is 0.883. The molecular formula is C9H10FNO3. The Hall–Kier alpha value is -1.78. The smallest absolute Gasteiger partial charge is 0.411 e. The summed E-state index contributed by atoms with van der Waals surface area (Å²) in [6.07, 6.45) is -0.725. The van der Waals surface area contributed by atoms with Gasteiger partial charge in [0.15, 0.2) is 0 Å². The van der Waals surface area contributed by atoms with Gasteiger partial charge in [0.2, 0.25) is 0 Å². The minimum Gasteiger partial charge on any atom is -0.508 e. The van der Waals surface area contributed by atoms with Gasteiger partial charge in [-0.15, -0.1) is 0 Å². The summed E-state index contributed by atoms with van der Waals surface area (Å²) in [4.78, 5) is 10.9. The standard InChI is InChI=1S/C9H10FNO3/c1-2-14-9(13)11-8-4-3-6(12)5-7(8)10/h3-5,12H,2H2,1H3,(H,11,13). The summed E-state index contributed by atoms with van der Waals surface area (Å²) >= 11 is 0. The Morgan fingerprint density at radius 1 is 1.64 bits per heavy atom. The molecular weight excluding hydrogens is 189 g/mol. The molecule has 0 saturated carbocycles. The number of carbonyl (C=O) groups is 1. The highest BCUT2D eigenvalue weighted by molar-refractivity contribution is 5.84. The average molecular weight is 199 g/mol. The van der Waals surface area contributed by atoms with Crippen LogP contribution in [0.25, 0.3) is 0 Å². The summed E-state index contributed by atoms with van der Waals surface area (Å²) in [6, 6.07) is 3.42. The minimum atomic E-state index is -0.725. The van der Waals surface area contributed by atoms with Crippen molar-refractivity contribution in [2.45, 2.75) is 6.92 Å². The van der Waals surface area contributed by atoms with Crippen molar-refractivity contribution in [2.24, 2.45) is 0 Å². The quantitative estimate of drug-likeness (QED) is 0.717. The zero-order valence-electron chi connectivity index (χ0n) is 7.58. The van der Waals surface area contributed by atoms with Gasteiger partial charge in [0.1, 0.15) is 11.6 Å². The van der Waals surface area contributed by atoms with E-state index in [0.717, 1.165) is 6.07 Å². The Bertz CT molecular complexity index is 341. The first-order chi connectivity index (χ1) is 6.63. The third-order valence-corrected chi connectivity index (χ3v) is 1.46. The van der Waals surface area contributed by atoms with Gasteiger partial charge in [0.05, 0.1) is 12.3 Å². The monoisotopic (exact) mass is 199 g/mol. The molecule has 1 rings (SSSR count). The molecule has 0 fully saturated rings. The zero-order valence-corrected chi connectivity index (χ0v) is 7.58. The second kappa shape index (κ2) is 4.45. The lowest BCUT2D eigenvalue weighted by molar-refractivity contribution is 0.168. The molecule has 1 aromatic rings. The lowest BCUT2D eigenvalue weighted by Gasteiger charge is -2.05. The second-order valence-corrected chi connectivity index (χ2v) is 2.51. The van der Waals surface area contributed by atoms with E-state index in [2.05, 4.69) is 10.1 Å². The number of hydrogen-bond donors (Lipinski definition) is 2. The van der Waals surface area contributed by atoms with Crippen LogP contribution in [0.2, 0.25) is 0 Å². The number of benzene rings is 1. The first-order valence-electron chi connectivity index (χ1n) is 4.05. The molecule has 0 aliphatic rings. The van der Waals surface area contributed by atoms with Crippen LogP contribution in [-0.2, 0) is 4.74 Å². The predicted molar refractivity (Wildman–Crippen MR) is 48.7 cm³/mol. The van der Waals surface area contributed by atoms with Gasteiger partial charge in [0.25, 0.3) is 0 Å². The number of hydrogen-bond acceptors (Lipinski definition) is 3. The van der Waals surface area contributed by atoms with Gasteiger partial charge in [-0.2, -0.15) is 0 Å². The van der Waals surface area contributed by atoms with Gasteiger partial charge in [-0.3, -0.25) is 5.32 Å². The summed E-state index contributed by atoms with van der Waals surface area (Å²) in [5, 5.41) is 11.1. The first kappa shape index (κ1) is 10.3. The zero-order chi connectivity index (χ0) is 10.6. The molecule has 14 heavy (non-hydrogen) atoms. The largest absolute Gasteiger partial charge is 0.508 e. The first-order valence-corrected chi connectivity index (χ1v) is 4.05. The van der Waals surface area contributed by atoms with Gasteiger partial charge >= 0.3 is 6.09 Å². The molecule has 76 valence electrons. The van der Waals surface area contributed by atoms with Gasteiger partial charge in [-0.1, -0.05) is 0 Å². The van der Waals surface area contributed by atoms with Crippen LogP contribution in [0.3, 0.4) is 0 Å². The molecule has 0 atom stereocenters. The summed E-state index contributed by atoms with van der Waals surface area (Å²) < 4.78 is 17.6. The number of carbonyl (C=O) groups excluding carboxylic acids is 1. The fraction of sp³-hybridized carbons (Fsp3) is 0.222. The van der Waals surface area contributed by atoms with Crippen molar-refractivity contribution in [1.82, 2.24) is 0 Å². The van der Waals surface area contributed by atoms with Crippen LogP contribution in [0.1, 0.15) is 6.92 Å². The number of nitrogens with one attached hydrogen (secondary N) is 1. The Labute approximate surface area is 80.3 Å². The molecule has 0 aromatic heterocycles. The van der Waals surface area contributed by atoms with Crippen LogP contribution in [0.5, 0.6) is 5.75 Å². The van der Waals surface area contributed by atoms with Crippen LogP contribution >= 0.6 is 0 Å². The molecule has 1 aromatic carbocycles. The van der Waals surface area contributed by atoms with Crippen LogP contribution < -0.4 is 5.32 Å². The molecule has 4 nitrogen and oxygen atoms in total. The van der Waals surface area contributed by atoms with Crippen molar-refractivity contribution in [2.75, 3.05) is 11.9 Å². The van der Waals surface area contributed by atoms with E-state index in [1.165, 1.54) is 12.1 Å². The highest BCUT2D eigenvalue weighted by Gasteiger charge is 2.07. The van der Waals surface area contributed by atoms with Gasteiger partial charge < -0.3 is 9.84 Å². The predicted octanol–water partition coefficient (Wildman–Crippen LogP) is 2.10. The topological polar surface area (TPSA) is 58.6 Å². The van der Waals surface area contributed by atoms with E-state index in [1.54, 1.807) is 6.92 Å². The van der Waals surface area contributed by atoms with E-state index >= 15 is 0 Å². The van der Waals surface area contributed by atoms with E-state index in [9.17, 15) is 9.18 Å². The average Bonchev–Trinajstić information content (AvgIpc) is 2.10. The van der Waals surface area contributed by atoms with Crippen LogP contribution in [-0.4, -0.2) is 17.8 Å². The number of aromatic hydroxyl groups is 1. The van der Waals surface area contributed by atoms with Crippen LogP contribution in [0, 0.1) is 5.82 Å². The number of ether oxygens (including phenoxy) is 1. The van der Waals surface area contributed by atoms with Crippen molar-refractivity contribution < 1.29 is 19.0 Å². The van der Waals surface area contributed by atoms with E-state index < -0.39 is 11.9 Å². The minimum absolute atomic E-state index is 0.0266. The number of anilines is 1. The lowest BCUT2D eigenvalue weighted by atomic mass is 10.3. The van der Waals surface area contributed by atoms with Gasteiger partial charge in [0, 0.05) is 6.07 Å². The molecule has 2 N–H and O–H groups in total. The summed E-state index contributed by atoms with van der Waals surface area (Å²) in [6.45, 7) is 1.86. The van der Waals surface area contributed by atoms with Crippen molar-refractivity contribution in [3.8, 4) is 5.75 Å². The van der Waals surface area contributed by atoms with Crippen LogP contribution in [0.4, 0.5) is 14.9 Å². The summed E-state index contributed by atoms with van der Waals surface area (Å²) in [5.41, 5.74) is -0.0266. The van der Waals surface area contributed by atoms with E-state index in [-0.39, 0.29) is 18.0 Å². The summed E-state index contributed by atoms with van der Waals surface area (Å²) in [5.74, 6) is -0.907. The number of phenols is 1. The van der Waals surface area contributed by atoms with Crippen molar-refractivity contribution >= 4 is 11.8 Å². The van der Waals surface area contributed by atoms with Gasteiger partial charge in [-0.25, -0.2) is 9.18 Å². The molecule has 0 radical (unpaired) electrons. The molecule has 1 amide bonds. The molecule has 0 bridgehead atoms. The van der Waals surface area contributed by atoms with Gasteiger partial charge in [-0.05, 0) is 19.1 Å².